The van der Waals surface area contributed by atoms with Gasteiger partial charge < -0.3 is 9.47 Å². The van der Waals surface area contributed by atoms with Crippen molar-refractivity contribution in [2.24, 2.45) is 0 Å². The van der Waals surface area contributed by atoms with E-state index in [0.29, 0.717) is 0 Å². The van der Waals surface area contributed by atoms with Crippen LogP contribution in [0.5, 0.6) is 0 Å². The molecule has 1 saturated heterocycles. The first kappa shape index (κ1) is 14.9. The second kappa shape index (κ2) is 6.15. The summed E-state index contributed by atoms with van der Waals surface area (Å²) in [7, 11) is -3.43. The first-order chi connectivity index (χ1) is 7.83. The zero-order valence-corrected chi connectivity index (χ0v) is 10.3. The third-order valence-electron chi connectivity index (χ3n) is 2.04. The van der Waals surface area contributed by atoms with Crippen LogP contribution in [0.4, 0.5) is 0 Å². The molecule has 0 aromatic rings. The van der Waals surface area contributed by atoms with Gasteiger partial charge in [0.05, 0.1) is 13.2 Å². The summed E-state index contributed by atoms with van der Waals surface area (Å²) in [5.41, 5.74) is 0. The van der Waals surface area contributed by atoms with Crippen molar-refractivity contribution in [2.75, 3.05) is 20.3 Å². The molecule has 1 aliphatic heterocycles. The normalized spacial score (nSPS) is 32.3. The van der Waals surface area contributed by atoms with Crippen LogP contribution in [-0.4, -0.2) is 60.4 Å². The van der Waals surface area contributed by atoms with Gasteiger partial charge in [-0.2, -0.15) is 12.6 Å². The van der Waals surface area contributed by atoms with Gasteiger partial charge in [-0.3, -0.25) is 13.3 Å². The maximum atomic E-state index is 10.6. The number of ether oxygens (including phenoxy) is 2. The molecule has 0 saturated carbocycles. The van der Waals surface area contributed by atoms with Crippen LogP contribution in [0.2, 0.25) is 0 Å². The average molecular weight is 292 g/mol. The fraction of sp³-hybridized carbons (Fsp3) is 1.00. The predicted octanol–water partition coefficient (Wildman–Crippen LogP) is -1.26. The first-order valence-corrected chi connectivity index (χ1v) is 6.77. The van der Waals surface area contributed by atoms with Gasteiger partial charge in [-0.1, -0.05) is 0 Å². The van der Waals surface area contributed by atoms with E-state index in [-0.39, 0.29) is 13.2 Å². The molecule has 0 aromatic carbocycles. The summed E-state index contributed by atoms with van der Waals surface area (Å²) < 4.78 is 67.6. The Morgan fingerprint density at radius 1 is 1.35 bits per heavy atom. The van der Waals surface area contributed by atoms with Crippen molar-refractivity contribution in [3.8, 4) is 0 Å². The average Bonchev–Trinajstić information content (AvgIpc) is 2.17. The van der Waals surface area contributed by atoms with E-state index in [9.17, 15) is 12.6 Å². The highest BCUT2D eigenvalue weighted by Crippen LogP contribution is 2.20. The Labute approximate surface area is 100 Å². The van der Waals surface area contributed by atoms with Gasteiger partial charge in [0.2, 0.25) is 0 Å². The summed E-state index contributed by atoms with van der Waals surface area (Å²) in [6.07, 6.45) is -3.20. The molecular formula is C6H12O9S2. The molecule has 2 N–H and O–H groups in total. The molecule has 0 aromatic heterocycles. The van der Waals surface area contributed by atoms with Crippen molar-refractivity contribution in [1.29, 1.82) is 0 Å². The Kier molecular flexibility index (Phi) is 5.40. The van der Waals surface area contributed by atoms with Crippen LogP contribution >= 0.6 is 0 Å². The van der Waals surface area contributed by atoms with Crippen molar-refractivity contribution < 1.29 is 39.6 Å². The van der Waals surface area contributed by atoms with E-state index in [2.05, 4.69) is 8.37 Å². The molecule has 4 atom stereocenters. The monoisotopic (exact) mass is 292 g/mol. The van der Waals surface area contributed by atoms with Gasteiger partial charge in [0.1, 0.15) is 18.3 Å². The minimum absolute atomic E-state index is 0.0453. The van der Waals surface area contributed by atoms with E-state index >= 15 is 0 Å². The molecule has 1 rings (SSSR count). The van der Waals surface area contributed by atoms with Crippen LogP contribution in [0.15, 0.2) is 0 Å². The first-order valence-electron chi connectivity index (χ1n) is 4.37. The van der Waals surface area contributed by atoms with Crippen molar-refractivity contribution >= 4 is 21.8 Å². The molecule has 102 valence electrons. The van der Waals surface area contributed by atoms with E-state index in [1.165, 1.54) is 7.11 Å². The molecule has 1 aliphatic rings. The standard InChI is InChI=1S/C6H12O9S2/c1-12-4-2-13-3-5(15-17(9,10)11)6(4)14-16(7)8/h4-6H,2-3H2,1H3,(H,7,8)(H,9,10,11). The lowest BCUT2D eigenvalue weighted by atomic mass is 10.1. The zero-order valence-electron chi connectivity index (χ0n) is 8.71. The number of hydrogen-bond acceptors (Lipinski definition) is 7. The lowest BCUT2D eigenvalue weighted by molar-refractivity contribution is -0.142. The highest BCUT2D eigenvalue weighted by atomic mass is 32.3. The van der Waals surface area contributed by atoms with E-state index in [1.807, 2.05) is 0 Å². The van der Waals surface area contributed by atoms with Crippen LogP contribution < -0.4 is 0 Å². The van der Waals surface area contributed by atoms with Gasteiger partial charge in [0, 0.05) is 7.11 Å². The maximum absolute atomic E-state index is 10.6. The molecule has 11 heteroatoms. The molecule has 0 spiro atoms. The molecule has 0 bridgehead atoms. The quantitative estimate of drug-likeness (QED) is 0.471. The highest BCUT2D eigenvalue weighted by Gasteiger charge is 2.40. The van der Waals surface area contributed by atoms with Crippen molar-refractivity contribution in [2.45, 2.75) is 18.3 Å². The summed E-state index contributed by atoms with van der Waals surface area (Å²) in [6, 6.07) is 0. The van der Waals surface area contributed by atoms with Crippen LogP contribution in [0.1, 0.15) is 0 Å². The summed E-state index contributed by atoms with van der Waals surface area (Å²) >= 11 is -2.63. The van der Waals surface area contributed by atoms with Gasteiger partial charge in [0.25, 0.3) is 0 Å². The zero-order chi connectivity index (χ0) is 13.1. The molecule has 9 nitrogen and oxygen atoms in total. The Balaban J connectivity index is 2.80. The molecule has 1 heterocycles. The van der Waals surface area contributed by atoms with E-state index in [4.69, 9.17) is 18.6 Å². The van der Waals surface area contributed by atoms with Gasteiger partial charge in [-0.15, -0.1) is 0 Å². The Morgan fingerprint density at radius 3 is 2.41 bits per heavy atom. The molecule has 0 amide bonds. The largest absolute Gasteiger partial charge is 0.397 e. The highest BCUT2D eigenvalue weighted by molar-refractivity contribution is 7.80. The molecule has 17 heavy (non-hydrogen) atoms. The number of methoxy groups -OCH3 is 1. The number of rotatable bonds is 5. The maximum Gasteiger partial charge on any atom is 0.397 e. The van der Waals surface area contributed by atoms with Crippen LogP contribution in [0.25, 0.3) is 0 Å². The lowest BCUT2D eigenvalue weighted by Crippen LogP contribution is -2.51. The fourth-order valence-electron chi connectivity index (χ4n) is 1.39. The lowest BCUT2D eigenvalue weighted by Gasteiger charge is -2.34. The predicted molar refractivity (Wildman–Crippen MR) is 53.7 cm³/mol. The van der Waals surface area contributed by atoms with Crippen LogP contribution in [0, 0.1) is 0 Å². The Hall–Kier alpha value is -0.140. The second-order valence-corrected chi connectivity index (χ2v) is 4.83. The third kappa shape index (κ3) is 4.93. The summed E-state index contributed by atoms with van der Waals surface area (Å²) in [5.74, 6) is 0. The van der Waals surface area contributed by atoms with Crippen molar-refractivity contribution in [1.82, 2.24) is 0 Å². The molecule has 0 aliphatic carbocycles. The summed E-state index contributed by atoms with van der Waals surface area (Å²) in [4.78, 5) is 0. The van der Waals surface area contributed by atoms with Gasteiger partial charge >= 0.3 is 21.8 Å². The van der Waals surface area contributed by atoms with E-state index < -0.39 is 40.1 Å². The minimum atomic E-state index is -4.72. The third-order valence-corrected chi connectivity index (χ3v) is 2.92. The topological polar surface area (TPSA) is 129 Å². The Morgan fingerprint density at radius 2 is 1.94 bits per heavy atom. The van der Waals surface area contributed by atoms with Gasteiger partial charge in [-0.05, 0) is 0 Å². The van der Waals surface area contributed by atoms with Gasteiger partial charge in [-0.25, -0.2) is 4.18 Å². The SMILES string of the molecule is COC1COCC(OS(=O)(=O)O)C1OS(=O)O. The minimum Gasteiger partial charge on any atom is -0.376 e. The van der Waals surface area contributed by atoms with E-state index in [0.717, 1.165) is 0 Å². The fourth-order valence-corrected chi connectivity index (χ4v) is 2.30. The van der Waals surface area contributed by atoms with Gasteiger partial charge in [0.15, 0.2) is 0 Å². The summed E-state index contributed by atoms with van der Waals surface area (Å²) in [5, 5.41) is 0. The molecule has 0 radical (unpaired) electrons. The smallest absolute Gasteiger partial charge is 0.376 e. The van der Waals surface area contributed by atoms with Crippen LogP contribution in [-0.2, 0) is 39.6 Å². The second-order valence-electron chi connectivity index (χ2n) is 3.15. The molecule has 1 fully saturated rings. The molecule has 4 unspecified atom stereocenters. The van der Waals surface area contributed by atoms with Crippen molar-refractivity contribution in [3.63, 3.8) is 0 Å². The van der Waals surface area contributed by atoms with Crippen LogP contribution in [0.3, 0.4) is 0 Å². The van der Waals surface area contributed by atoms with E-state index in [1.54, 1.807) is 0 Å². The number of hydrogen-bond donors (Lipinski definition) is 2. The van der Waals surface area contributed by atoms with Crippen molar-refractivity contribution in [3.05, 3.63) is 0 Å². The summed E-state index contributed by atoms with van der Waals surface area (Å²) in [6.45, 7) is -0.175. The molecular weight excluding hydrogens is 280 g/mol. The Bertz CT molecular complexity index is 366.